The average Bonchev–Trinajstić information content (AvgIpc) is 2.36. The fourth-order valence-corrected chi connectivity index (χ4v) is 2.68. The lowest BCUT2D eigenvalue weighted by molar-refractivity contribution is 0.0173. The number of aliphatic imine (C=N–C) groups is 1. The van der Waals surface area contributed by atoms with Gasteiger partial charge >= 0.3 is 0 Å². The van der Waals surface area contributed by atoms with Crippen molar-refractivity contribution in [3.63, 3.8) is 0 Å². The van der Waals surface area contributed by atoms with Gasteiger partial charge in [0.1, 0.15) is 0 Å². The van der Waals surface area contributed by atoms with Gasteiger partial charge in [-0.15, -0.1) is 0 Å². The summed E-state index contributed by atoms with van der Waals surface area (Å²) in [6, 6.07) is 0. The molecule has 0 amide bonds. The van der Waals surface area contributed by atoms with E-state index in [0.717, 1.165) is 51.5 Å². The third kappa shape index (κ3) is 3.61. The first-order valence-electron chi connectivity index (χ1n) is 7.36. The second-order valence-electron chi connectivity index (χ2n) is 5.85. The summed E-state index contributed by atoms with van der Waals surface area (Å²) >= 11 is 0. The Morgan fingerprint density at radius 3 is 2.67 bits per heavy atom. The Kier molecular flexibility index (Phi) is 4.87. The Morgan fingerprint density at radius 2 is 2.11 bits per heavy atom. The number of nitrogens with two attached hydrogens (primary N) is 1. The molecule has 0 aromatic heterocycles. The first-order chi connectivity index (χ1) is 8.74. The van der Waals surface area contributed by atoms with Gasteiger partial charge in [0.2, 0.25) is 0 Å². The van der Waals surface area contributed by atoms with Crippen LogP contribution in [0.4, 0.5) is 0 Å². The highest BCUT2D eigenvalue weighted by Gasteiger charge is 2.30. The van der Waals surface area contributed by atoms with E-state index >= 15 is 0 Å². The van der Waals surface area contributed by atoms with Gasteiger partial charge in [-0.25, -0.2) is 0 Å². The van der Waals surface area contributed by atoms with E-state index in [9.17, 15) is 0 Å². The lowest BCUT2D eigenvalue weighted by Crippen LogP contribution is -2.39. The largest absolute Gasteiger partial charge is 0.381 e. The second-order valence-corrected chi connectivity index (χ2v) is 5.85. The lowest BCUT2D eigenvalue weighted by Gasteiger charge is -2.35. The highest BCUT2D eigenvalue weighted by atomic mass is 16.5. The first-order valence-corrected chi connectivity index (χ1v) is 7.36. The molecule has 1 aliphatic carbocycles. The van der Waals surface area contributed by atoms with Crippen LogP contribution in [0.5, 0.6) is 0 Å². The molecule has 0 unspecified atom stereocenters. The number of nitrogens with one attached hydrogen (secondary N) is 1. The van der Waals surface area contributed by atoms with E-state index in [2.05, 4.69) is 17.2 Å². The summed E-state index contributed by atoms with van der Waals surface area (Å²) in [6.45, 7) is 5.84. The summed E-state index contributed by atoms with van der Waals surface area (Å²) in [5.41, 5.74) is 6.26. The van der Waals surface area contributed by atoms with Crippen LogP contribution in [0.3, 0.4) is 0 Å². The van der Waals surface area contributed by atoms with Gasteiger partial charge in [0.15, 0.2) is 5.96 Å². The number of ether oxygens (including phenoxy) is 1. The SMILES string of the molecule is CCC1(CN=C(N)NCC2CCC2)CCOCC1. The topological polar surface area (TPSA) is 59.6 Å². The molecule has 0 aromatic carbocycles. The van der Waals surface area contributed by atoms with Crippen molar-refractivity contribution in [2.24, 2.45) is 22.1 Å². The average molecular weight is 253 g/mol. The highest BCUT2D eigenvalue weighted by molar-refractivity contribution is 5.77. The van der Waals surface area contributed by atoms with Gasteiger partial charge in [-0.05, 0) is 43.4 Å². The molecule has 1 saturated heterocycles. The molecule has 4 heteroatoms. The highest BCUT2D eigenvalue weighted by Crippen LogP contribution is 2.34. The molecule has 104 valence electrons. The molecule has 2 fully saturated rings. The van der Waals surface area contributed by atoms with Crippen LogP contribution < -0.4 is 11.1 Å². The Bertz CT molecular complexity index is 281. The third-order valence-electron chi connectivity index (χ3n) is 4.68. The van der Waals surface area contributed by atoms with Gasteiger partial charge in [0.05, 0.1) is 0 Å². The van der Waals surface area contributed by atoms with Crippen molar-refractivity contribution in [1.29, 1.82) is 0 Å². The summed E-state index contributed by atoms with van der Waals surface area (Å²) in [5, 5.41) is 3.26. The van der Waals surface area contributed by atoms with Crippen LogP contribution in [-0.2, 0) is 4.74 Å². The number of guanidine groups is 1. The van der Waals surface area contributed by atoms with Crippen LogP contribution in [0.1, 0.15) is 45.4 Å². The van der Waals surface area contributed by atoms with Crippen molar-refractivity contribution < 1.29 is 4.74 Å². The minimum absolute atomic E-state index is 0.320. The molecule has 0 spiro atoms. The van der Waals surface area contributed by atoms with E-state index in [-0.39, 0.29) is 0 Å². The van der Waals surface area contributed by atoms with Crippen molar-refractivity contribution in [2.75, 3.05) is 26.3 Å². The smallest absolute Gasteiger partial charge is 0.188 e. The van der Waals surface area contributed by atoms with E-state index in [1.54, 1.807) is 0 Å². The predicted molar refractivity (Wildman–Crippen MR) is 74.6 cm³/mol. The summed E-state index contributed by atoms with van der Waals surface area (Å²) in [4.78, 5) is 4.55. The molecule has 1 saturated carbocycles. The molecule has 0 atom stereocenters. The normalized spacial score (nSPS) is 24.6. The summed E-state index contributed by atoms with van der Waals surface area (Å²) in [7, 11) is 0. The second kappa shape index (κ2) is 6.41. The molecule has 0 radical (unpaired) electrons. The zero-order valence-corrected chi connectivity index (χ0v) is 11.6. The fourth-order valence-electron chi connectivity index (χ4n) is 2.68. The maximum atomic E-state index is 5.94. The van der Waals surface area contributed by atoms with Gasteiger partial charge in [0.25, 0.3) is 0 Å². The molecule has 0 bridgehead atoms. The van der Waals surface area contributed by atoms with Crippen molar-refractivity contribution in [2.45, 2.75) is 45.4 Å². The molecule has 18 heavy (non-hydrogen) atoms. The van der Waals surface area contributed by atoms with E-state index < -0.39 is 0 Å². The lowest BCUT2D eigenvalue weighted by atomic mass is 9.78. The van der Waals surface area contributed by atoms with Crippen LogP contribution in [0.25, 0.3) is 0 Å². The summed E-state index contributed by atoms with van der Waals surface area (Å²) in [6.07, 6.45) is 7.46. The van der Waals surface area contributed by atoms with Gasteiger partial charge in [-0.1, -0.05) is 13.3 Å². The first kappa shape index (κ1) is 13.7. The van der Waals surface area contributed by atoms with Gasteiger partial charge in [-0.3, -0.25) is 4.99 Å². The Hall–Kier alpha value is -0.770. The van der Waals surface area contributed by atoms with E-state index in [0.29, 0.717) is 11.4 Å². The van der Waals surface area contributed by atoms with Gasteiger partial charge in [0, 0.05) is 26.3 Å². The monoisotopic (exact) mass is 253 g/mol. The van der Waals surface area contributed by atoms with Crippen molar-refractivity contribution in [3.8, 4) is 0 Å². The Labute approximate surface area is 110 Å². The third-order valence-corrected chi connectivity index (χ3v) is 4.68. The van der Waals surface area contributed by atoms with Crippen molar-refractivity contribution in [1.82, 2.24) is 5.32 Å². The molecule has 0 aromatic rings. The summed E-state index contributed by atoms with van der Waals surface area (Å²) in [5.74, 6) is 1.45. The Morgan fingerprint density at radius 1 is 1.39 bits per heavy atom. The van der Waals surface area contributed by atoms with Gasteiger partial charge in [-0.2, -0.15) is 0 Å². The fraction of sp³-hybridized carbons (Fsp3) is 0.929. The number of hydrogen-bond donors (Lipinski definition) is 2. The number of nitrogens with zero attached hydrogens (tertiary/aromatic N) is 1. The quantitative estimate of drug-likeness (QED) is 0.581. The number of rotatable bonds is 5. The molecular formula is C14H27N3O. The van der Waals surface area contributed by atoms with E-state index in [1.807, 2.05) is 0 Å². The van der Waals surface area contributed by atoms with Crippen LogP contribution >= 0.6 is 0 Å². The molecular weight excluding hydrogens is 226 g/mol. The molecule has 1 aliphatic heterocycles. The predicted octanol–water partition coefficient (Wildman–Crippen LogP) is 1.90. The number of hydrogen-bond acceptors (Lipinski definition) is 2. The van der Waals surface area contributed by atoms with Crippen molar-refractivity contribution in [3.05, 3.63) is 0 Å². The van der Waals surface area contributed by atoms with Gasteiger partial charge < -0.3 is 15.8 Å². The van der Waals surface area contributed by atoms with Crippen molar-refractivity contribution >= 4 is 5.96 Å². The molecule has 3 N–H and O–H groups in total. The maximum Gasteiger partial charge on any atom is 0.188 e. The van der Waals surface area contributed by atoms with Crippen LogP contribution in [0, 0.1) is 11.3 Å². The molecule has 2 rings (SSSR count). The maximum absolute atomic E-state index is 5.94. The molecule has 2 aliphatic rings. The summed E-state index contributed by atoms with van der Waals surface area (Å²) < 4.78 is 5.44. The minimum Gasteiger partial charge on any atom is -0.381 e. The molecule has 4 nitrogen and oxygen atoms in total. The Balaban J connectivity index is 1.75. The molecule has 1 heterocycles. The van der Waals surface area contributed by atoms with E-state index in [1.165, 1.54) is 19.3 Å². The van der Waals surface area contributed by atoms with Crippen LogP contribution in [0.2, 0.25) is 0 Å². The minimum atomic E-state index is 0.320. The zero-order valence-electron chi connectivity index (χ0n) is 11.6. The standard InChI is InChI=1S/C14H27N3O/c1-2-14(6-8-18-9-7-14)11-17-13(15)16-10-12-4-3-5-12/h12H,2-11H2,1H3,(H3,15,16,17). The van der Waals surface area contributed by atoms with Crippen LogP contribution in [0.15, 0.2) is 4.99 Å². The van der Waals surface area contributed by atoms with E-state index in [4.69, 9.17) is 10.5 Å². The zero-order chi connectivity index (χ0) is 12.8. The van der Waals surface area contributed by atoms with Crippen LogP contribution in [-0.4, -0.2) is 32.3 Å².